The van der Waals surface area contributed by atoms with Crippen molar-refractivity contribution in [1.82, 2.24) is 4.90 Å². The van der Waals surface area contributed by atoms with E-state index in [4.69, 9.17) is 20.6 Å². The van der Waals surface area contributed by atoms with Gasteiger partial charge in [0.15, 0.2) is 11.5 Å². The van der Waals surface area contributed by atoms with Gasteiger partial charge in [0.2, 0.25) is 0 Å². The molecule has 11 heteroatoms. The highest BCUT2D eigenvalue weighted by atomic mass is 32.2. The number of nitriles is 1. The Morgan fingerprint density at radius 3 is 2.37 bits per heavy atom. The number of likely N-dealkylation sites (N-methyl/N-ethyl adjacent to an activating group) is 1. The van der Waals surface area contributed by atoms with E-state index in [1.165, 1.54) is 10.5 Å². The first-order valence-electron chi connectivity index (χ1n) is 11.3. The summed E-state index contributed by atoms with van der Waals surface area (Å²) in [5.41, 5.74) is 9.60. The quantitative estimate of drug-likeness (QED) is 0.470. The topological polar surface area (TPSA) is 120 Å². The molecule has 0 aromatic heterocycles. The Hall–Kier alpha value is -4.30. The van der Waals surface area contributed by atoms with Crippen molar-refractivity contribution >= 4 is 29.6 Å². The lowest BCUT2D eigenvalue weighted by Crippen LogP contribution is -2.42. The molecule has 2 aliphatic heterocycles. The van der Waals surface area contributed by atoms with Crippen LogP contribution in [0.4, 0.5) is 13.2 Å². The molecule has 194 valence electrons. The Kier molecular flexibility index (Phi) is 7.20. The lowest BCUT2D eigenvalue weighted by atomic mass is 9.82. The third kappa shape index (κ3) is 5.08. The molecule has 2 atom stereocenters. The fraction of sp³-hybridized carbons (Fsp3) is 0.185. The highest BCUT2D eigenvalue weighted by molar-refractivity contribution is 7.99. The number of rotatable bonds is 2. The summed E-state index contributed by atoms with van der Waals surface area (Å²) in [6, 6.07) is 26.0. The van der Waals surface area contributed by atoms with Crippen LogP contribution in [0.5, 0.6) is 0 Å². The standard InChI is InChI=1S/C25H20N4OS.C2HF3O2/c1-29-23(30)25(28-24(29)27)14-22(17-7-3-2-4-8-17)31-21-11-10-19(13-20(21)25)18-9-5-6-16(12-18)15-26;3-2(4,5)1(6)7/h2-13,22H,14H2,1H3,(H2,27,28);(H,6,7). The second-order valence-electron chi connectivity index (χ2n) is 8.62. The first kappa shape index (κ1) is 26.8. The molecular formula is C27H21F3N4O3S. The summed E-state index contributed by atoms with van der Waals surface area (Å²) in [5.74, 6) is -2.62. The van der Waals surface area contributed by atoms with Crippen LogP contribution in [0.2, 0.25) is 0 Å². The van der Waals surface area contributed by atoms with Crippen molar-refractivity contribution in [2.75, 3.05) is 7.05 Å². The van der Waals surface area contributed by atoms with Gasteiger partial charge in [-0.05, 0) is 41.0 Å². The first-order valence-corrected chi connectivity index (χ1v) is 12.1. The second-order valence-corrected chi connectivity index (χ2v) is 9.87. The number of aliphatic imine (C=N–C) groups is 1. The molecular weight excluding hydrogens is 517 g/mol. The Bertz CT molecular complexity index is 1470. The second kappa shape index (κ2) is 10.2. The average molecular weight is 539 g/mol. The number of halogens is 3. The average Bonchev–Trinajstić information content (AvgIpc) is 3.12. The number of amides is 1. The summed E-state index contributed by atoms with van der Waals surface area (Å²) in [6.45, 7) is 0. The molecule has 2 heterocycles. The van der Waals surface area contributed by atoms with E-state index in [-0.39, 0.29) is 17.1 Å². The van der Waals surface area contributed by atoms with E-state index in [1.807, 2.05) is 48.5 Å². The Labute approximate surface area is 220 Å². The fourth-order valence-electron chi connectivity index (χ4n) is 4.34. The summed E-state index contributed by atoms with van der Waals surface area (Å²) >= 11 is 1.75. The van der Waals surface area contributed by atoms with Gasteiger partial charge in [0.25, 0.3) is 5.91 Å². The molecule has 0 saturated heterocycles. The van der Waals surface area contributed by atoms with Crippen LogP contribution in [0.15, 0.2) is 82.7 Å². The molecule has 0 bridgehead atoms. The van der Waals surface area contributed by atoms with Crippen LogP contribution in [0.25, 0.3) is 11.1 Å². The molecule has 5 rings (SSSR count). The molecule has 3 aromatic rings. The maximum Gasteiger partial charge on any atom is 0.490 e. The smallest absolute Gasteiger partial charge is 0.475 e. The number of benzene rings is 3. The Morgan fingerprint density at radius 1 is 1.13 bits per heavy atom. The van der Waals surface area contributed by atoms with Gasteiger partial charge in [0.1, 0.15) is 0 Å². The van der Waals surface area contributed by atoms with E-state index in [1.54, 1.807) is 24.9 Å². The number of nitrogens with zero attached hydrogens (tertiary/aromatic N) is 3. The summed E-state index contributed by atoms with van der Waals surface area (Å²) < 4.78 is 31.7. The molecule has 1 amide bonds. The van der Waals surface area contributed by atoms with E-state index in [0.29, 0.717) is 12.0 Å². The number of guanidine groups is 1. The first-order chi connectivity index (χ1) is 18.0. The molecule has 2 unspecified atom stereocenters. The van der Waals surface area contributed by atoms with Crippen molar-refractivity contribution in [3.8, 4) is 17.2 Å². The predicted octanol–water partition coefficient (Wildman–Crippen LogP) is 5.08. The third-order valence-electron chi connectivity index (χ3n) is 6.22. The van der Waals surface area contributed by atoms with Crippen LogP contribution in [0, 0.1) is 11.3 Å². The molecule has 3 N–H and O–H groups in total. The molecule has 38 heavy (non-hydrogen) atoms. The van der Waals surface area contributed by atoms with Gasteiger partial charge in [-0.25, -0.2) is 9.79 Å². The lowest BCUT2D eigenvalue weighted by Gasteiger charge is -2.36. The van der Waals surface area contributed by atoms with Gasteiger partial charge in [-0.15, -0.1) is 11.8 Å². The lowest BCUT2D eigenvalue weighted by molar-refractivity contribution is -0.192. The number of nitrogens with two attached hydrogens (primary N) is 1. The maximum absolute atomic E-state index is 13.5. The van der Waals surface area contributed by atoms with E-state index < -0.39 is 17.7 Å². The fourth-order valence-corrected chi connectivity index (χ4v) is 5.76. The monoisotopic (exact) mass is 538 g/mol. The van der Waals surface area contributed by atoms with Crippen LogP contribution in [0.3, 0.4) is 0 Å². The number of hydrogen-bond acceptors (Lipinski definition) is 6. The van der Waals surface area contributed by atoms with E-state index in [0.717, 1.165) is 21.6 Å². The van der Waals surface area contributed by atoms with Gasteiger partial charge in [0.05, 0.1) is 11.6 Å². The number of hydrogen-bond donors (Lipinski definition) is 2. The number of fused-ring (bicyclic) bond motifs is 2. The van der Waals surface area contributed by atoms with Gasteiger partial charge in [-0.2, -0.15) is 18.4 Å². The van der Waals surface area contributed by atoms with Crippen LogP contribution in [0.1, 0.15) is 28.4 Å². The van der Waals surface area contributed by atoms with Crippen LogP contribution < -0.4 is 5.73 Å². The van der Waals surface area contributed by atoms with Crippen LogP contribution in [-0.2, 0) is 15.1 Å². The highest BCUT2D eigenvalue weighted by Crippen LogP contribution is 2.55. The molecule has 7 nitrogen and oxygen atoms in total. The summed E-state index contributed by atoms with van der Waals surface area (Å²) in [4.78, 5) is 29.6. The maximum atomic E-state index is 13.5. The molecule has 2 aliphatic rings. The van der Waals surface area contributed by atoms with Crippen LogP contribution in [-0.4, -0.2) is 41.1 Å². The number of carbonyl (C=O) groups excluding carboxylic acids is 1. The Balaban J connectivity index is 0.000000426. The minimum atomic E-state index is -5.08. The van der Waals surface area contributed by atoms with Gasteiger partial charge in [-0.1, -0.05) is 48.5 Å². The molecule has 0 saturated carbocycles. The predicted molar refractivity (Wildman–Crippen MR) is 136 cm³/mol. The van der Waals surface area contributed by atoms with Gasteiger partial charge in [0, 0.05) is 29.2 Å². The normalized spacial score (nSPS) is 20.2. The minimum absolute atomic E-state index is 0.0912. The number of carboxylic acids is 1. The van der Waals surface area contributed by atoms with Crippen molar-refractivity contribution < 1.29 is 27.9 Å². The van der Waals surface area contributed by atoms with Gasteiger partial charge >= 0.3 is 12.1 Å². The molecule has 1 spiro atoms. The number of carbonyl (C=O) groups is 2. The Morgan fingerprint density at radius 2 is 1.79 bits per heavy atom. The summed E-state index contributed by atoms with van der Waals surface area (Å²) in [6.07, 6.45) is -4.54. The zero-order valence-corrected chi connectivity index (χ0v) is 20.8. The largest absolute Gasteiger partial charge is 0.490 e. The number of carboxylic acid groups (broad SMARTS) is 1. The number of alkyl halides is 3. The van der Waals surface area contributed by atoms with Gasteiger partial charge < -0.3 is 10.8 Å². The molecule has 3 aromatic carbocycles. The SMILES string of the molecule is CN1C(=O)C2(CC(c3ccccc3)Sc3ccc(-c4cccc(C#N)c4)cc32)N=C1N.O=C(O)C(F)(F)F. The van der Waals surface area contributed by atoms with E-state index in [9.17, 15) is 23.2 Å². The van der Waals surface area contributed by atoms with Crippen molar-refractivity contribution in [3.63, 3.8) is 0 Å². The number of thioether (sulfide) groups is 1. The molecule has 0 radical (unpaired) electrons. The van der Waals surface area contributed by atoms with Gasteiger partial charge in [-0.3, -0.25) is 9.69 Å². The van der Waals surface area contributed by atoms with Crippen molar-refractivity contribution in [2.24, 2.45) is 10.7 Å². The highest BCUT2D eigenvalue weighted by Gasteiger charge is 2.53. The third-order valence-corrected chi connectivity index (χ3v) is 7.55. The number of aliphatic carboxylic acids is 1. The van der Waals surface area contributed by atoms with Crippen molar-refractivity contribution in [3.05, 3.63) is 89.5 Å². The zero-order valence-electron chi connectivity index (χ0n) is 19.9. The van der Waals surface area contributed by atoms with Crippen molar-refractivity contribution in [2.45, 2.75) is 28.3 Å². The zero-order chi connectivity index (χ0) is 27.7. The minimum Gasteiger partial charge on any atom is -0.475 e. The van der Waals surface area contributed by atoms with E-state index in [2.05, 4.69) is 24.3 Å². The summed E-state index contributed by atoms with van der Waals surface area (Å²) in [5, 5.41) is 16.5. The van der Waals surface area contributed by atoms with E-state index >= 15 is 0 Å². The molecule has 0 aliphatic carbocycles. The molecule has 0 fully saturated rings. The van der Waals surface area contributed by atoms with Crippen molar-refractivity contribution in [1.29, 1.82) is 5.26 Å². The summed E-state index contributed by atoms with van der Waals surface area (Å²) in [7, 11) is 1.68. The van der Waals surface area contributed by atoms with Crippen LogP contribution >= 0.6 is 11.8 Å².